The van der Waals surface area contributed by atoms with Crippen LogP contribution < -0.4 is 10.1 Å². The second-order valence-electron chi connectivity index (χ2n) is 6.33. The summed E-state index contributed by atoms with van der Waals surface area (Å²) in [7, 11) is 0. The molecule has 31 heavy (non-hydrogen) atoms. The van der Waals surface area contributed by atoms with Gasteiger partial charge in [0.05, 0.1) is 10.0 Å². The third kappa shape index (κ3) is 6.16. The van der Waals surface area contributed by atoms with Gasteiger partial charge in [-0.3, -0.25) is 4.79 Å². The van der Waals surface area contributed by atoms with Crippen molar-refractivity contribution in [1.82, 2.24) is 0 Å². The molecule has 0 saturated heterocycles. The number of benzene rings is 3. The van der Waals surface area contributed by atoms with Gasteiger partial charge >= 0.3 is 0 Å². The smallest absolute Gasteiger partial charge is 0.266 e. The van der Waals surface area contributed by atoms with Crippen LogP contribution in [0, 0.1) is 11.3 Å². The Labute approximate surface area is 199 Å². The van der Waals surface area contributed by atoms with Crippen LogP contribution in [0.2, 0.25) is 20.1 Å². The predicted molar refractivity (Wildman–Crippen MR) is 126 cm³/mol. The lowest BCUT2D eigenvalue weighted by molar-refractivity contribution is -0.112. The van der Waals surface area contributed by atoms with E-state index >= 15 is 0 Å². The minimum absolute atomic E-state index is 0.128. The number of nitriles is 1. The Hall–Kier alpha value is -2.68. The van der Waals surface area contributed by atoms with Gasteiger partial charge in [-0.15, -0.1) is 0 Å². The fourth-order valence-electron chi connectivity index (χ4n) is 2.65. The largest absolute Gasteiger partial charge is 0.486 e. The van der Waals surface area contributed by atoms with Gasteiger partial charge in [0.1, 0.15) is 18.2 Å². The standard InChI is InChI=1S/C23H14Cl4N2O2/c24-17-5-3-6-18(11-17)29-23(30)16(12-28)8-14-9-20(26)22(21(27)10-14)31-13-15-4-1-2-7-19(15)25/h1-11H,13H2,(H,29,30)/b16-8+. The van der Waals surface area contributed by atoms with E-state index < -0.39 is 5.91 Å². The molecule has 0 aliphatic carbocycles. The summed E-state index contributed by atoms with van der Waals surface area (Å²) in [5.41, 5.74) is 1.59. The second kappa shape index (κ2) is 10.6. The summed E-state index contributed by atoms with van der Waals surface area (Å²) in [4.78, 5) is 12.4. The van der Waals surface area contributed by atoms with E-state index in [4.69, 9.17) is 51.1 Å². The number of anilines is 1. The highest BCUT2D eigenvalue weighted by Gasteiger charge is 2.14. The van der Waals surface area contributed by atoms with Crippen molar-refractivity contribution in [2.75, 3.05) is 5.32 Å². The number of nitrogens with one attached hydrogen (secondary N) is 1. The molecule has 0 saturated carbocycles. The van der Waals surface area contributed by atoms with Gasteiger partial charge in [0.15, 0.2) is 5.75 Å². The number of hydrogen-bond donors (Lipinski definition) is 1. The molecule has 4 nitrogen and oxygen atoms in total. The highest BCUT2D eigenvalue weighted by atomic mass is 35.5. The van der Waals surface area contributed by atoms with Crippen LogP contribution in [0.5, 0.6) is 5.75 Å². The molecule has 0 fully saturated rings. The Bertz CT molecular complexity index is 1180. The molecule has 1 N–H and O–H groups in total. The number of carbonyl (C=O) groups is 1. The number of rotatable bonds is 6. The summed E-state index contributed by atoms with van der Waals surface area (Å²) in [5, 5.41) is 13.5. The zero-order valence-corrected chi connectivity index (χ0v) is 18.9. The van der Waals surface area contributed by atoms with Crippen molar-refractivity contribution in [2.24, 2.45) is 0 Å². The highest BCUT2D eigenvalue weighted by Crippen LogP contribution is 2.36. The van der Waals surface area contributed by atoms with Crippen molar-refractivity contribution in [3.05, 3.63) is 97.5 Å². The monoisotopic (exact) mass is 490 g/mol. The Kier molecular flexibility index (Phi) is 7.84. The molecule has 3 rings (SSSR count). The van der Waals surface area contributed by atoms with Gasteiger partial charge < -0.3 is 10.1 Å². The van der Waals surface area contributed by atoms with E-state index in [0.717, 1.165) is 5.56 Å². The van der Waals surface area contributed by atoms with Crippen molar-refractivity contribution < 1.29 is 9.53 Å². The molecule has 8 heteroatoms. The van der Waals surface area contributed by atoms with Crippen molar-refractivity contribution in [3.8, 4) is 11.8 Å². The van der Waals surface area contributed by atoms with Crippen LogP contribution in [0.15, 0.2) is 66.2 Å². The van der Waals surface area contributed by atoms with Crippen LogP contribution in [-0.2, 0) is 11.4 Å². The minimum atomic E-state index is -0.587. The molecular weight excluding hydrogens is 478 g/mol. The SMILES string of the molecule is N#C/C(=C\c1cc(Cl)c(OCc2ccccc2Cl)c(Cl)c1)C(=O)Nc1cccc(Cl)c1. The van der Waals surface area contributed by atoms with Crippen LogP contribution >= 0.6 is 46.4 Å². The first-order valence-corrected chi connectivity index (χ1v) is 10.4. The lowest BCUT2D eigenvalue weighted by Crippen LogP contribution is -2.13. The average Bonchev–Trinajstić information content (AvgIpc) is 2.72. The maximum Gasteiger partial charge on any atom is 0.266 e. The number of ether oxygens (including phenoxy) is 1. The average molecular weight is 492 g/mol. The topological polar surface area (TPSA) is 62.1 Å². The number of hydrogen-bond acceptors (Lipinski definition) is 3. The van der Waals surface area contributed by atoms with Crippen molar-refractivity contribution >= 4 is 64.1 Å². The van der Waals surface area contributed by atoms with Gasteiger partial charge in [0.2, 0.25) is 0 Å². The summed E-state index contributed by atoms with van der Waals surface area (Å²) >= 11 is 24.7. The van der Waals surface area contributed by atoms with E-state index in [0.29, 0.717) is 21.3 Å². The van der Waals surface area contributed by atoms with Gasteiger partial charge in [-0.05, 0) is 48.0 Å². The second-order valence-corrected chi connectivity index (χ2v) is 7.99. The summed E-state index contributed by atoms with van der Waals surface area (Å²) in [6, 6.07) is 18.9. The molecule has 0 atom stereocenters. The molecule has 0 aliphatic rings. The molecule has 0 heterocycles. The maximum atomic E-state index is 12.4. The molecule has 156 valence electrons. The van der Waals surface area contributed by atoms with Gasteiger partial charge in [-0.25, -0.2) is 0 Å². The first kappa shape index (κ1) is 23.0. The molecule has 3 aromatic rings. The third-order valence-corrected chi connectivity index (χ3v) is 5.27. The van der Waals surface area contributed by atoms with Crippen LogP contribution in [0.4, 0.5) is 5.69 Å². The van der Waals surface area contributed by atoms with Gasteiger partial charge in [0.25, 0.3) is 5.91 Å². The normalized spacial score (nSPS) is 11.0. The molecule has 3 aromatic carbocycles. The fourth-order valence-corrected chi connectivity index (χ4v) is 3.64. The molecule has 0 unspecified atom stereocenters. The van der Waals surface area contributed by atoms with E-state index in [9.17, 15) is 10.1 Å². The predicted octanol–water partition coefficient (Wildman–Crippen LogP) is 7.42. The lowest BCUT2D eigenvalue weighted by atomic mass is 10.1. The zero-order chi connectivity index (χ0) is 22.4. The van der Waals surface area contributed by atoms with Gasteiger partial charge in [0, 0.05) is 21.3 Å². The first-order valence-electron chi connectivity index (χ1n) is 8.91. The van der Waals surface area contributed by atoms with Crippen LogP contribution in [0.3, 0.4) is 0 Å². The summed E-state index contributed by atoms with van der Waals surface area (Å²) in [6.45, 7) is 0.180. The number of nitrogens with zero attached hydrogens (tertiary/aromatic N) is 1. The van der Waals surface area contributed by atoms with E-state index in [-0.39, 0.29) is 28.0 Å². The van der Waals surface area contributed by atoms with Crippen LogP contribution in [-0.4, -0.2) is 5.91 Å². The summed E-state index contributed by atoms with van der Waals surface area (Å²) in [5.74, 6) is -0.307. The minimum Gasteiger partial charge on any atom is -0.486 e. The molecule has 0 bridgehead atoms. The first-order chi connectivity index (χ1) is 14.9. The Morgan fingerprint density at radius 3 is 2.32 bits per heavy atom. The van der Waals surface area contributed by atoms with Gasteiger partial charge in [-0.2, -0.15) is 5.26 Å². The van der Waals surface area contributed by atoms with Crippen molar-refractivity contribution in [2.45, 2.75) is 6.61 Å². The Balaban J connectivity index is 1.78. The number of halogens is 4. The van der Waals surface area contributed by atoms with Crippen molar-refractivity contribution in [3.63, 3.8) is 0 Å². The third-order valence-electron chi connectivity index (χ3n) is 4.11. The number of amides is 1. The molecule has 0 radical (unpaired) electrons. The summed E-state index contributed by atoms with van der Waals surface area (Å²) < 4.78 is 5.73. The highest BCUT2D eigenvalue weighted by molar-refractivity contribution is 6.37. The van der Waals surface area contributed by atoms with Gasteiger partial charge in [-0.1, -0.05) is 70.7 Å². The van der Waals surface area contributed by atoms with E-state index in [1.54, 1.807) is 42.5 Å². The number of carbonyl (C=O) groups excluding carboxylic acids is 1. The van der Waals surface area contributed by atoms with E-state index in [2.05, 4.69) is 5.32 Å². The van der Waals surface area contributed by atoms with E-state index in [1.807, 2.05) is 24.3 Å². The Morgan fingerprint density at radius 1 is 0.968 bits per heavy atom. The molecule has 0 aromatic heterocycles. The fraction of sp³-hybridized carbons (Fsp3) is 0.0435. The maximum absolute atomic E-state index is 12.4. The summed E-state index contributed by atoms with van der Waals surface area (Å²) in [6.07, 6.45) is 1.38. The molecule has 0 spiro atoms. The molecular formula is C23H14Cl4N2O2. The van der Waals surface area contributed by atoms with E-state index in [1.165, 1.54) is 6.08 Å². The quantitative estimate of drug-likeness (QED) is 0.288. The molecule has 1 amide bonds. The lowest BCUT2D eigenvalue weighted by Gasteiger charge is -2.12. The zero-order valence-electron chi connectivity index (χ0n) is 15.8. The van der Waals surface area contributed by atoms with Crippen LogP contribution in [0.1, 0.15) is 11.1 Å². The Morgan fingerprint density at radius 2 is 1.68 bits per heavy atom. The molecule has 0 aliphatic heterocycles. The van der Waals surface area contributed by atoms with Crippen molar-refractivity contribution in [1.29, 1.82) is 5.26 Å². The van der Waals surface area contributed by atoms with Crippen LogP contribution in [0.25, 0.3) is 6.08 Å².